The maximum absolute atomic E-state index is 13.9. The summed E-state index contributed by atoms with van der Waals surface area (Å²) in [5, 5.41) is 21.9. The molecule has 0 saturated carbocycles. The number of rotatable bonds is 6. The molecule has 0 aliphatic carbocycles. The van der Waals surface area contributed by atoms with Crippen molar-refractivity contribution in [2.75, 3.05) is 7.11 Å². The second kappa shape index (κ2) is 9.30. The van der Waals surface area contributed by atoms with Gasteiger partial charge in [-0.25, -0.2) is 4.39 Å². The third kappa shape index (κ3) is 4.40. The fraction of sp³-hybridized carbons (Fsp3) is 0.269. The average Bonchev–Trinajstić information content (AvgIpc) is 2.72. The molecule has 2 N–H and O–H groups in total. The zero-order valence-corrected chi connectivity index (χ0v) is 18.9. The molecule has 0 radical (unpaired) electrons. The van der Waals surface area contributed by atoms with Gasteiger partial charge in [0.25, 0.3) is 0 Å². The van der Waals surface area contributed by atoms with Gasteiger partial charge in [-0.2, -0.15) is 0 Å². The molecule has 32 heavy (non-hydrogen) atoms. The number of allylic oxidation sites excluding steroid dienone is 4. The molecule has 0 saturated heterocycles. The van der Waals surface area contributed by atoms with Crippen molar-refractivity contribution in [1.82, 2.24) is 0 Å². The molecule has 0 atom stereocenters. The van der Waals surface area contributed by atoms with E-state index in [4.69, 9.17) is 9.15 Å². The van der Waals surface area contributed by atoms with Crippen LogP contribution in [0.4, 0.5) is 4.39 Å². The Morgan fingerprint density at radius 2 is 1.66 bits per heavy atom. The molecule has 3 rings (SSSR count). The highest BCUT2D eigenvalue weighted by Gasteiger charge is 2.26. The van der Waals surface area contributed by atoms with Gasteiger partial charge in [-0.3, -0.25) is 4.79 Å². The van der Waals surface area contributed by atoms with Crippen molar-refractivity contribution in [3.63, 3.8) is 0 Å². The first-order valence-electron chi connectivity index (χ1n) is 10.3. The Morgan fingerprint density at radius 3 is 2.22 bits per heavy atom. The number of hydrogen-bond acceptors (Lipinski definition) is 5. The van der Waals surface area contributed by atoms with E-state index in [1.807, 2.05) is 39.8 Å². The molecular formula is C26H27FO5. The van der Waals surface area contributed by atoms with Gasteiger partial charge in [0.2, 0.25) is 11.2 Å². The Balaban J connectivity index is 2.47. The van der Waals surface area contributed by atoms with Crippen LogP contribution in [0.25, 0.3) is 22.3 Å². The van der Waals surface area contributed by atoms with E-state index in [1.54, 1.807) is 6.07 Å². The van der Waals surface area contributed by atoms with E-state index in [0.29, 0.717) is 11.1 Å². The molecule has 0 bridgehead atoms. The van der Waals surface area contributed by atoms with E-state index in [1.165, 1.54) is 25.3 Å². The molecule has 0 aliphatic heterocycles. The van der Waals surface area contributed by atoms with Crippen LogP contribution in [0.2, 0.25) is 0 Å². The first kappa shape index (κ1) is 23.1. The summed E-state index contributed by atoms with van der Waals surface area (Å²) in [6.07, 6.45) is 4.27. The largest absolute Gasteiger partial charge is 0.507 e. The van der Waals surface area contributed by atoms with Crippen LogP contribution in [0.15, 0.2) is 56.8 Å². The topological polar surface area (TPSA) is 79.9 Å². The van der Waals surface area contributed by atoms with Crippen molar-refractivity contribution in [3.8, 4) is 28.6 Å². The molecule has 5 nitrogen and oxygen atoms in total. The standard InChI is InChI=1S/C26H27FO5/c1-14(2)9-11-18-21(28)19(12-10-15(3)4)25-20(22(18)29)23(30)26(31-5)24(32-25)16-7-6-8-17(27)13-16/h6-10,13,28-29H,11-12H2,1-5H3. The summed E-state index contributed by atoms with van der Waals surface area (Å²) >= 11 is 0. The van der Waals surface area contributed by atoms with Crippen molar-refractivity contribution in [3.05, 3.63) is 74.7 Å². The third-order valence-corrected chi connectivity index (χ3v) is 5.16. The number of benzene rings is 2. The Labute approximate surface area is 186 Å². The number of methoxy groups -OCH3 is 1. The SMILES string of the molecule is COc1c(-c2cccc(F)c2)oc2c(CC=C(C)C)c(O)c(CC=C(C)C)c(O)c2c1=O. The van der Waals surface area contributed by atoms with Crippen molar-refractivity contribution in [2.24, 2.45) is 0 Å². The fourth-order valence-corrected chi connectivity index (χ4v) is 3.50. The number of aromatic hydroxyl groups is 2. The van der Waals surface area contributed by atoms with Gasteiger partial charge in [0.15, 0.2) is 5.76 Å². The molecule has 2 aromatic carbocycles. The van der Waals surface area contributed by atoms with Crippen LogP contribution in [0.5, 0.6) is 17.2 Å². The van der Waals surface area contributed by atoms with E-state index in [9.17, 15) is 19.4 Å². The van der Waals surface area contributed by atoms with E-state index in [0.717, 1.165) is 11.1 Å². The van der Waals surface area contributed by atoms with Crippen LogP contribution in [0.1, 0.15) is 38.8 Å². The van der Waals surface area contributed by atoms with Crippen LogP contribution in [-0.4, -0.2) is 17.3 Å². The molecule has 0 aliphatic rings. The number of phenols is 2. The monoisotopic (exact) mass is 438 g/mol. The number of ether oxygens (including phenoxy) is 1. The molecule has 168 valence electrons. The normalized spacial score (nSPS) is 10.8. The van der Waals surface area contributed by atoms with Gasteiger partial charge in [0.1, 0.15) is 28.3 Å². The predicted octanol–water partition coefficient (Wildman–Crippen LogP) is 6.04. The maximum Gasteiger partial charge on any atom is 0.239 e. The lowest BCUT2D eigenvalue weighted by molar-refractivity contribution is 0.396. The van der Waals surface area contributed by atoms with Crippen molar-refractivity contribution >= 4 is 11.0 Å². The first-order valence-corrected chi connectivity index (χ1v) is 10.3. The Hall–Kier alpha value is -3.54. The lowest BCUT2D eigenvalue weighted by Crippen LogP contribution is -2.10. The average molecular weight is 438 g/mol. The third-order valence-electron chi connectivity index (χ3n) is 5.16. The second-order valence-electron chi connectivity index (χ2n) is 8.13. The first-order chi connectivity index (χ1) is 15.1. The van der Waals surface area contributed by atoms with Gasteiger partial charge in [-0.15, -0.1) is 0 Å². The Kier molecular flexibility index (Phi) is 6.72. The van der Waals surface area contributed by atoms with E-state index >= 15 is 0 Å². The lowest BCUT2D eigenvalue weighted by Gasteiger charge is -2.16. The number of fused-ring (bicyclic) bond motifs is 1. The quantitative estimate of drug-likeness (QED) is 0.459. The minimum atomic E-state index is -0.595. The lowest BCUT2D eigenvalue weighted by atomic mass is 9.96. The summed E-state index contributed by atoms with van der Waals surface area (Å²) in [4.78, 5) is 13.4. The smallest absolute Gasteiger partial charge is 0.239 e. The van der Waals surface area contributed by atoms with E-state index < -0.39 is 11.2 Å². The van der Waals surface area contributed by atoms with Crippen LogP contribution in [0, 0.1) is 5.82 Å². The zero-order valence-electron chi connectivity index (χ0n) is 18.9. The Morgan fingerprint density at radius 1 is 1.03 bits per heavy atom. The van der Waals surface area contributed by atoms with E-state index in [-0.39, 0.29) is 52.4 Å². The number of phenolic OH excluding ortho intramolecular Hbond substituents is 2. The summed E-state index contributed by atoms with van der Waals surface area (Å²) in [5.74, 6) is -1.11. The highest BCUT2D eigenvalue weighted by atomic mass is 19.1. The molecular weight excluding hydrogens is 411 g/mol. The van der Waals surface area contributed by atoms with Gasteiger partial charge < -0.3 is 19.4 Å². The molecule has 6 heteroatoms. The van der Waals surface area contributed by atoms with Crippen molar-refractivity contribution in [1.29, 1.82) is 0 Å². The summed E-state index contributed by atoms with van der Waals surface area (Å²) in [7, 11) is 1.31. The van der Waals surface area contributed by atoms with Gasteiger partial charge in [-0.1, -0.05) is 35.4 Å². The number of halogens is 1. The minimum Gasteiger partial charge on any atom is -0.507 e. The van der Waals surface area contributed by atoms with E-state index in [2.05, 4.69) is 0 Å². The van der Waals surface area contributed by atoms with Crippen LogP contribution < -0.4 is 10.2 Å². The summed E-state index contributed by atoms with van der Waals surface area (Å²) in [6.45, 7) is 7.64. The maximum atomic E-state index is 13.9. The minimum absolute atomic E-state index is 0.0267. The van der Waals surface area contributed by atoms with Gasteiger partial charge in [-0.05, 0) is 52.7 Å². The zero-order chi connectivity index (χ0) is 23.6. The fourth-order valence-electron chi connectivity index (χ4n) is 3.50. The van der Waals surface area contributed by atoms with Crippen molar-refractivity contribution < 1.29 is 23.8 Å². The molecule has 1 aromatic heterocycles. The van der Waals surface area contributed by atoms with Gasteiger partial charge >= 0.3 is 0 Å². The van der Waals surface area contributed by atoms with Gasteiger partial charge in [0, 0.05) is 16.7 Å². The molecule has 0 spiro atoms. The van der Waals surface area contributed by atoms with Crippen LogP contribution in [-0.2, 0) is 12.8 Å². The van der Waals surface area contributed by atoms with Crippen LogP contribution >= 0.6 is 0 Å². The summed E-state index contributed by atoms with van der Waals surface area (Å²) < 4.78 is 25.2. The molecule has 0 fully saturated rings. The summed E-state index contributed by atoms with van der Waals surface area (Å²) in [6, 6.07) is 5.60. The Bertz CT molecular complexity index is 1290. The highest BCUT2D eigenvalue weighted by Crippen LogP contribution is 2.42. The second-order valence-corrected chi connectivity index (χ2v) is 8.13. The molecule has 1 heterocycles. The molecule has 0 amide bonds. The molecule has 3 aromatic rings. The van der Waals surface area contributed by atoms with Gasteiger partial charge in [0.05, 0.1) is 7.11 Å². The molecule has 0 unspecified atom stereocenters. The summed E-state index contributed by atoms with van der Waals surface area (Å²) in [5.41, 5.74) is 2.38. The van der Waals surface area contributed by atoms with Crippen molar-refractivity contribution in [2.45, 2.75) is 40.5 Å². The van der Waals surface area contributed by atoms with Crippen LogP contribution in [0.3, 0.4) is 0 Å². The highest BCUT2D eigenvalue weighted by molar-refractivity contribution is 5.93. The predicted molar refractivity (Wildman–Crippen MR) is 124 cm³/mol. The number of hydrogen-bond donors (Lipinski definition) is 2.